The van der Waals surface area contributed by atoms with Gasteiger partial charge >= 0.3 is 0 Å². The number of nitrogens with one attached hydrogen (secondary N) is 1. The summed E-state index contributed by atoms with van der Waals surface area (Å²) in [7, 11) is 1.67. The van der Waals surface area contributed by atoms with Crippen molar-refractivity contribution in [2.45, 2.75) is 45.2 Å². The van der Waals surface area contributed by atoms with Gasteiger partial charge in [0.05, 0.1) is 7.11 Å². The van der Waals surface area contributed by atoms with Crippen molar-refractivity contribution in [3.8, 4) is 5.75 Å². The van der Waals surface area contributed by atoms with Gasteiger partial charge in [-0.1, -0.05) is 25.1 Å². The number of nitrogens with zero attached hydrogens (tertiary/aromatic N) is 1. The molecule has 4 heteroatoms. The number of benzene rings is 1. The number of rotatable bonds is 4. The molecule has 1 N–H and O–H groups in total. The molecule has 1 fully saturated rings. The minimum Gasteiger partial charge on any atom is -0.496 e. The molecule has 4 nitrogen and oxygen atoms in total. The Morgan fingerprint density at radius 3 is 2.57 bits per heavy atom. The number of carbonyl (C=O) groups is 1. The van der Waals surface area contributed by atoms with Crippen molar-refractivity contribution in [3.63, 3.8) is 0 Å². The number of carbonyl (C=O) groups excluding carboxylic acids is 1. The molecule has 0 unspecified atom stereocenters. The van der Waals surface area contributed by atoms with Crippen LogP contribution in [0.2, 0.25) is 0 Å². The molecule has 2 rings (SSSR count). The lowest BCUT2D eigenvalue weighted by Crippen LogP contribution is -2.55. The topological polar surface area (TPSA) is 41.6 Å². The van der Waals surface area contributed by atoms with Crippen LogP contribution < -0.4 is 10.1 Å². The van der Waals surface area contributed by atoms with E-state index in [-0.39, 0.29) is 11.8 Å². The Labute approximate surface area is 127 Å². The molecule has 1 amide bonds. The van der Waals surface area contributed by atoms with Crippen molar-refractivity contribution in [2.75, 3.05) is 20.2 Å². The smallest absolute Gasteiger partial charge is 0.223 e. The monoisotopic (exact) mass is 290 g/mol. The second kappa shape index (κ2) is 6.94. The van der Waals surface area contributed by atoms with Crippen molar-refractivity contribution in [2.24, 2.45) is 0 Å². The van der Waals surface area contributed by atoms with E-state index >= 15 is 0 Å². The molecule has 0 radical (unpaired) electrons. The van der Waals surface area contributed by atoms with Gasteiger partial charge in [0.25, 0.3) is 0 Å². The Balaban J connectivity index is 2.01. The molecule has 1 aliphatic rings. The van der Waals surface area contributed by atoms with Crippen molar-refractivity contribution < 1.29 is 9.53 Å². The number of hydrogen-bond donors (Lipinski definition) is 1. The molecule has 1 aromatic carbocycles. The highest BCUT2D eigenvalue weighted by molar-refractivity contribution is 5.77. The molecule has 1 aliphatic heterocycles. The van der Waals surface area contributed by atoms with Crippen molar-refractivity contribution in [1.82, 2.24) is 10.2 Å². The van der Waals surface area contributed by atoms with Gasteiger partial charge in [0.1, 0.15) is 5.75 Å². The average Bonchev–Trinajstić information content (AvgIpc) is 2.46. The second-order valence-electron chi connectivity index (χ2n) is 6.11. The fraction of sp³-hybridized carbons (Fsp3) is 0.588. The van der Waals surface area contributed by atoms with E-state index in [1.54, 1.807) is 7.11 Å². The van der Waals surface area contributed by atoms with Crippen LogP contribution in [0.15, 0.2) is 24.3 Å². The van der Waals surface area contributed by atoms with Gasteiger partial charge in [0.2, 0.25) is 5.91 Å². The van der Waals surface area contributed by atoms with Crippen LogP contribution in [0.3, 0.4) is 0 Å². The molecule has 1 aromatic rings. The Morgan fingerprint density at radius 2 is 1.95 bits per heavy atom. The lowest BCUT2D eigenvalue weighted by molar-refractivity contribution is -0.133. The number of hydrogen-bond acceptors (Lipinski definition) is 3. The summed E-state index contributed by atoms with van der Waals surface area (Å²) < 4.78 is 5.39. The standard InChI is InChI=1S/C17H26N2O2/c1-12(15-7-5-6-8-16(15)21-4)9-17(20)19-10-13(2)18-14(3)11-19/h5-8,12-14,18H,9-11H2,1-4H3/t12-,13-,14+/m0/s1. The fourth-order valence-corrected chi connectivity index (χ4v) is 3.10. The van der Waals surface area contributed by atoms with E-state index in [9.17, 15) is 4.79 Å². The molecular formula is C17H26N2O2. The molecule has 21 heavy (non-hydrogen) atoms. The maximum absolute atomic E-state index is 12.5. The second-order valence-corrected chi connectivity index (χ2v) is 6.11. The van der Waals surface area contributed by atoms with E-state index in [0.29, 0.717) is 18.5 Å². The Bertz CT molecular complexity index is 479. The first-order valence-corrected chi connectivity index (χ1v) is 7.68. The largest absolute Gasteiger partial charge is 0.496 e. The lowest BCUT2D eigenvalue weighted by Gasteiger charge is -2.36. The van der Waals surface area contributed by atoms with Gasteiger partial charge in [-0.2, -0.15) is 0 Å². The van der Waals surface area contributed by atoms with Crippen molar-refractivity contribution in [1.29, 1.82) is 0 Å². The predicted octanol–water partition coefficient (Wildman–Crippen LogP) is 2.40. The summed E-state index contributed by atoms with van der Waals surface area (Å²) in [4.78, 5) is 14.5. The Kier molecular flexibility index (Phi) is 5.23. The van der Waals surface area contributed by atoms with Crippen LogP contribution in [0.25, 0.3) is 0 Å². The number of amides is 1. The zero-order valence-corrected chi connectivity index (χ0v) is 13.4. The van der Waals surface area contributed by atoms with E-state index < -0.39 is 0 Å². The van der Waals surface area contributed by atoms with Gasteiger partial charge in [0.15, 0.2) is 0 Å². The maximum atomic E-state index is 12.5. The van der Waals surface area contributed by atoms with Crippen LogP contribution in [0.1, 0.15) is 38.7 Å². The number of methoxy groups -OCH3 is 1. The third-order valence-electron chi connectivity index (χ3n) is 4.06. The van der Waals surface area contributed by atoms with Crippen LogP contribution >= 0.6 is 0 Å². The van der Waals surface area contributed by atoms with Gasteiger partial charge in [-0.05, 0) is 31.4 Å². The zero-order valence-electron chi connectivity index (χ0n) is 13.4. The summed E-state index contributed by atoms with van der Waals surface area (Å²) in [5.41, 5.74) is 1.10. The first kappa shape index (κ1) is 15.8. The molecule has 0 aromatic heterocycles. The first-order chi connectivity index (χ1) is 10.0. The normalized spacial score (nSPS) is 23.7. The summed E-state index contributed by atoms with van der Waals surface area (Å²) in [6, 6.07) is 8.66. The summed E-state index contributed by atoms with van der Waals surface area (Å²) >= 11 is 0. The predicted molar refractivity (Wildman–Crippen MR) is 84.7 cm³/mol. The van der Waals surface area contributed by atoms with E-state index in [0.717, 1.165) is 24.4 Å². The third kappa shape index (κ3) is 3.97. The van der Waals surface area contributed by atoms with Crippen molar-refractivity contribution in [3.05, 3.63) is 29.8 Å². The van der Waals surface area contributed by atoms with Gasteiger partial charge in [-0.3, -0.25) is 4.79 Å². The maximum Gasteiger partial charge on any atom is 0.223 e. The molecule has 0 aliphatic carbocycles. The van der Waals surface area contributed by atoms with Crippen LogP contribution in [-0.4, -0.2) is 43.1 Å². The van der Waals surface area contributed by atoms with E-state index in [1.165, 1.54) is 0 Å². The van der Waals surface area contributed by atoms with Gasteiger partial charge in [0, 0.05) is 31.6 Å². The van der Waals surface area contributed by atoms with Crippen LogP contribution in [0.5, 0.6) is 5.75 Å². The number of para-hydroxylation sites is 1. The quantitative estimate of drug-likeness (QED) is 0.926. The summed E-state index contributed by atoms with van der Waals surface area (Å²) in [5, 5.41) is 3.45. The SMILES string of the molecule is COc1ccccc1[C@@H](C)CC(=O)N1C[C@@H](C)N[C@@H](C)C1. The highest BCUT2D eigenvalue weighted by Gasteiger charge is 2.26. The van der Waals surface area contributed by atoms with E-state index in [1.807, 2.05) is 29.2 Å². The minimum absolute atomic E-state index is 0.161. The summed E-state index contributed by atoms with van der Waals surface area (Å²) in [5.74, 6) is 1.25. The third-order valence-corrected chi connectivity index (χ3v) is 4.06. The van der Waals surface area contributed by atoms with Gasteiger partial charge in [-0.25, -0.2) is 0 Å². The Hall–Kier alpha value is -1.55. The summed E-state index contributed by atoms with van der Waals surface area (Å²) in [6.07, 6.45) is 0.528. The highest BCUT2D eigenvalue weighted by atomic mass is 16.5. The number of ether oxygens (including phenoxy) is 1. The average molecular weight is 290 g/mol. The first-order valence-electron chi connectivity index (χ1n) is 7.68. The number of piperazine rings is 1. The molecule has 1 saturated heterocycles. The Morgan fingerprint density at radius 1 is 1.33 bits per heavy atom. The van der Waals surface area contributed by atoms with Crippen LogP contribution in [0, 0.1) is 0 Å². The fourth-order valence-electron chi connectivity index (χ4n) is 3.10. The van der Waals surface area contributed by atoms with E-state index in [4.69, 9.17) is 4.74 Å². The minimum atomic E-state index is 0.161. The van der Waals surface area contributed by atoms with Crippen molar-refractivity contribution >= 4 is 5.91 Å². The highest BCUT2D eigenvalue weighted by Crippen LogP contribution is 2.29. The van der Waals surface area contributed by atoms with Crippen LogP contribution in [-0.2, 0) is 4.79 Å². The molecule has 1 heterocycles. The molecule has 0 bridgehead atoms. The van der Waals surface area contributed by atoms with E-state index in [2.05, 4.69) is 26.1 Å². The molecule has 116 valence electrons. The zero-order chi connectivity index (χ0) is 15.4. The lowest BCUT2D eigenvalue weighted by atomic mass is 9.95. The van der Waals surface area contributed by atoms with Gasteiger partial charge in [-0.15, -0.1) is 0 Å². The van der Waals surface area contributed by atoms with Crippen LogP contribution in [0.4, 0.5) is 0 Å². The molecule has 0 saturated carbocycles. The summed E-state index contributed by atoms with van der Waals surface area (Å²) in [6.45, 7) is 7.92. The molecular weight excluding hydrogens is 264 g/mol. The molecule has 0 spiro atoms. The molecule has 3 atom stereocenters. The van der Waals surface area contributed by atoms with Gasteiger partial charge < -0.3 is 15.0 Å².